The van der Waals surface area contributed by atoms with Crippen LogP contribution in [-0.2, 0) is 4.84 Å². The standard InChI is InChI=1S/C7H15NO/c1-6-4-7(2,3)5-8-9-6/h6,8H,4-5H2,1-3H3. The Morgan fingerprint density at radius 1 is 1.56 bits per heavy atom. The molecule has 1 atom stereocenters. The Balaban J connectivity index is 2.41. The van der Waals surface area contributed by atoms with Crippen LogP contribution in [0.5, 0.6) is 0 Å². The lowest BCUT2D eigenvalue weighted by Gasteiger charge is -2.33. The molecule has 1 N–H and O–H groups in total. The first-order valence-corrected chi connectivity index (χ1v) is 3.49. The molecule has 0 amide bonds. The highest BCUT2D eigenvalue weighted by molar-refractivity contribution is 4.75. The quantitative estimate of drug-likeness (QED) is 0.532. The molecular formula is C7H15NO. The van der Waals surface area contributed by atoms with Crippen LogP contribution in [0.4, 0.5) is 0 Å². The van der Waals surface area contributed by atoms with Crippen molar-refractivity contribution >= 4 is 0 Å². The molecule has 1 saturated heterocycles. The Hall–Kier alpha value is -0.0800. The molecule has 0 aliphatic carbocycles. The van der Waals surface area contributed by atoms with Crippen LogP contribution in [0.25, 0.3) is 0 Å². The van der Waals surface area contributed by atoms with E-state index in [1.54, 1.807) is 0 Å². The largest absolute Gasteiger partial charge is 0.299 e. The van der Waals surface area contributed by atoms with Crippen molar-refractivity contribution in [2.45, 2.75) is 33.3 Å². The molecule has 54 valence electrons. The lowest BCUT2D eigenvalue weighted by Crippen LogP contribution is -2.40. The first-order valence-electron chi connectivity index (χ1n) is 3.49. The smallest absolute Gasteiger partial charge is 0.0767 e. The van der Waals surface area contributed by atoms with E-state index in [1.165, 1.54) is 0 Å². The third-order valence-electron chi connectivity index (χ3n) is 1.68. The van der Waals surface area contributed by atoms with Crippen LogP contribution in [0.15, 0.2) is 0 Å². The summed E-state index contributed by atoms with van der Waals surface area (Å²) in [7, 11) is 0. The fraction of sp³-hybridized carbons (Fsp3) is 1.00. The first kappa shape index (κ1) is 7.03. The fourth-order valence-corrected chi connectivity index (χ4v) is 1.27. The Morgan fingerprint density at radius 2 is 2.22 bits per heavy atom. The molecule has 0 radical (unpaired) electrons. The summed E-state index contributed by atoms with van der Waals surface area (Å²) in [5.74, 6) is 0. The van der Waals surface area contributed by atoms with Gasteiger partial charge in [-0.1, -0.05) is 13.8 Å². The molecule has 1 heterocycles. The SMILES string of the molecule is CC1CC(C)(C)CNO1. The first-order chi connectivity index (χ1) is 4.10. The number of hydrogen-bond donors (Lipinski definition) is 1. The van der Waals surface area contributed by atoms with Gasteiger partial charge in [-0.2, -0.15) is 0 Å². The van der Waals surface area contributed by atoms with Gasteiger partial charge in [-0.15, -0.1) is 0 Å². The van der Waals surface area contributed by atoms with E-state index >= 15 is 0 Å². The molecule has 0 aromatic heterocycles. The summed E-state index contributed by atoms with van der Waals surface area (Å²) in [6.07, 6.45) is 1.52. The summed E-state index contributed by atoms with van der Waals surface area (Å²) >= 11 is 0. The molecule has 0 spiro atoms. The van der Waals surface area contributed by atoms with Gasteiger partial charge in [-0.3, -0.25) is 4.84 Å². The Bertz CT molecular complexity index is 101. The number of hydroxylamine groups is 1. The van der Waals surface area contributed by atoms with Crippen LogP contribution in [-0.4, -0.2) is 12.6 Å². The molecule has 1 aliphatic rings. The zero-order valence-corrected chi connectivity index (χ0v) is 6.40. The summed E-state index contributed by atoms with van der Waals surface area (Å²) in [5, 5.41) is 0. The average Bonchev–Trinajstić information content (AvgIpc) is 1.60. The van der Waals surface area contributed by atoms with Crippen LogP contribution in [0, 0.1) is 5.41 Å². The zero-order valence-electron chi connectivity index (χ0n) is 6.40. The number of rotatable bonds is 0. The van der Waals surface area contributed by atoms with Crippen molar-refractivity contribution in [2.24, 2.45) is 5.41 Å². The van der Waals surface area contributed by atoms with Crippen molar-refractivity contribution in [3.05, 3.63) is 0 Å². The highest BCUT2D eigenvalue weighted by Crippen LogP contribution is 2.25. The molecule has 1 rings (SSSR count). The third kappa shape index (κ3) is 1.95. The predicted octanol–water partition coefficient (Wildman–Crippen LogP) is 1.33. The Labute approximate surface area is 56.5 Å². The molecule has 1 unspecified atom stereocenters. The summed E-state index contributed by atoms with van der Waals surface area (Å²) in [4.78, 5) is 5.16. The van der Waals surface area contributed by atoms with Gasteiger partial charge >= 0.3 is 0 Å². The minimum Gasteiger partial charge on any atom is -0.299 e. The predicted molar refractivity (Wildman–Crippen MR) is 36.9 cm³/mol. The average molecular weight is 129 g/mol. The molecule has 2 nitrogen and oxygen atoms in total. The minimum absolute atomic E-state index is 0.369. The van der Waals surface area contributed by atoms with E-state index in [-0.39, 0.29) is 0 Å². The highest BCUT2D eigenvalue weighted by atomic mass is 16.7. The van der Waals surface area contributed by atoms with Crippen LogP contribution in [0.3, 0.4) is 0 Å². The summed E-state index contributed by atoms with van der Waals surface area (Å²) in [5.41, 5.74) is 3.34. The molecule has 0 saturated carbocycles. The van der Waals surface area contributed by atoms with Gasteiger partial charge in [0.2, 0.25) is 0 Å². The van der Waals surface area contributed by atoms with Crippen LogP contribution >= 0.6 is 0 Å². The maximum Gasteiger partial charge on any atom is 0.0767 e. The summed E-state index contributed by atoms with van der Waals surface area (Å²) in [6.45, 7) is 7.56. The van der Waals surface area contributed by atoms with Crippen molar-refractivity contribution in [3.8, 4) is 0 Å². The van der Waals surface area contributed by atoms with E-state index in [4.69, 9.17) is 4.84 Å². The maximum absolute atomic E-state index is 5.16. The topological polar surface area (TPSA) is 21.3 Å². The summed E-state index contributed by atoms with van der Waals surface area (Å²) in [6, 6.07) is 0. The molecule has 9 heavy (non-hydrogen) atoms. The van der Waals surface area contributed by atoms with E-state index in [2.05, 4.69) is 26.3 Å². The van der Waals surface area contributed by atoms with E-state index in [0.717, 1.165) is 13.0 Å². The van der Waals surface area contributed by atoms with Crippen molar-refractivity contribution in [2.75, 3.05) is 6.54 Å². The monoisotopic (exact) mass is 129 g/mol. The van der Waals surface area contributed by atoms with Crippen molar-refractivity contribution in [1.82, 2.24) is 5.48 Å². The molecular weight excluding hydrogens is 114 g/mol. The second kappa shape index (κ2) is 2.27. The van der Waals surface area contributed by atoms with Crippen molar-refractivity contribution < 1.29 is 4.84 Å². The van der Waals surface area contributed by atoms with Gasteiger partial charge < -0.3 is 0 Å². The fourth-order valence-electron chi connectivity index (χ4n) is 1.27. The second-order valence-electron chi connectivity index (χ2n) is 3.62. The Morgan fingerprint density at radius 3 is 2.56 bits per heavy atom. The van der Waals surface area contributed by atoms with Crippen LogP contribution in [0.1, 0.15) is 27.2 Å². The lowest BCUT2D eigenvalue weighted by atomic mass is 9.86. The minimum atomic E-state index is 0.369. The third-order valence-corrected chi connectivity index (χ3v) is 1.68. The van der Waals surface area contributed by atoms with Gasteiger partial charge in [0.15, 0.2) is 0 Å². The zero-order chi connectivity index (χ0) is 6.91. The van der Waals surface area contributed by atoms with Gasteiger partial charge in [-0.05, 0) is 18.8 Å². The van der Waals surface area contributed by atoms with Crippen LogP contribution in [0.2, 0.25) is 0 Å². The molecule has 0 aromatic rings. The van der Waals surface area contributed by atoms with Crippen LogP contribution < -0.4 is 5.48 Å². The van der Waals surface area contributed by atoms with E-state index in [9.17, 15) is 0 Å². The lowest BCUT2D eigenvalue weighted by molar-refractivity contribution is -0.0862. The highest BCUT2D eigenvalue weighted by Gasteiger charge is 2.25. The second-order valence-corrected chi connectivity index (χ2v) is 3.62. The number of nitrogens with one attached hydrogen (secondary N) is 1. The molecule has 2 heteroatoms. The van der Waals surface area contributed by atoms with E-state index < -0.39 is 0 Å². The van der Waals surface area contributed by atoms with E-state index in [1.807, 2.05) is 0 Å². The van der Waals surface area contributed by atoms with Gasteiger partial charge in [0.05, 0.1) is 6.10 Å². The number of hydrogen-bond acceptors (Lipinski definition) is 2. The molecule has 0 aromatic carbocycles. The summed E-state index contributed by atoms with van der Waals surface area (Å²) < 4.78 is 0. The van der Waals surface area contributed by atoms with Crippen molar-refractivity contribution in [1.29, 1.82) is 0 Å². The van der Waals surface area contributed by atoms with Gasteiger partial charge in [0.25, 0.3) is 0 Å². The molecule has 0 bridgehead atoms. The normalized spacial score (nSPS) is 34.3. The van der Waals surface area contributed by atoms with Gasteiger partial charge in [0, 0.05) is 6.54 Å². The maximum atomic E-state index is 5.16. The Kier molecular flexibility index (Phi) is 1.78. The van der Waals surface area contributed by atoms with E-state index in [0.29, 0.717) is 11.5 Å². The van der Waals surface area contributed by atoms with Gasteiger partial charge in [0.1, 0.15) is 0 Å². The molecule has 1 fully saturated rings. The molecule has 1 aliphatic heterocycles. The van der Waals surface area contributed by atoms with Crippen molar-refractivity contribution in [3.63, 3.8) is 0 Å². The van der Waals surface area contributed by atoms with Gasteiger partial charge in [-0.25, -0.2) is 5.48 Å².